The van der Waals surface area contributed by atoms with Gasteiger partial charge in [-0.15, -0.1) is 0 Å². The smallest absolute Gasteiger partial charge is 0.287 e. The molecule has 2 aromatic rings. The fourth-order valence-electron chi connectivity index (χ4n) is 2.92. The Morgan fingerprint density at radius 1 is 1.36 bits per heavy atom. The van der Waals surface area contributed by atoms with Gasteiger partial charge in [0.2, 0.25) is 5.69 Å². The highest BCUT2D eigenvalue weighted by atomic mass is 32.2. The lowest BCUT2D eigenvalue weighted by atomic mass is 10.2. The summed E-state index contributed by atoms with van der Waals surface area (Å²) in [4.78, 5) is 8.61. The largest absolute Gasteiger partial charge is 0.398 e. The number of aromatic nitrogens is 2. The van der Waals surface area contributed by atoms with Crippen molar-refractivity contribution in [1.29, 1.82) is 0 Å². The van der Waals surface area contributed by atoms with Crippen molar-refractivity contribution in [2.75, 3.05) is 11.1 Å². The third kappa shape index (κ3) is 3.31. The van der Waals surface area contributed by atoms with Crippen LogP contribution in [-0.2, 0) is 22.9 Å². The summed E-state index contributed by atoms with van der Waals surface area (Å²) in [7, 11) is -2.35. The second-order valence-corrected chi connectivity index (χ2v) is 7.74. The predicted octanol–water partition coefficient (Wildman–Crippen LogP) is 1.05. The van der Waals surface area contributed by atoms with Gasteiger partial charge in [-0.2, -0.15) is 18.5 Å². The number of fused-ring (bicyclic) bond motifs is 1. The Kier molecular flexibility index (Phi) is 4.10. The first-order valence-electron chi connectivity index (χ1n) is 8.14. The van der Waals surface area contributed by atoms with Gasteiger partial charge in [0.1, 0.15) is 18.2 Å². The molecule has 1 aromatic carbocycles. The molecule has 0 fully saturated rings. The van der Waals surface area contributed by atoms with Gasteiger partial charge in [0, 0.05) is 18.4 Å². The molecule has 144 valence electrons. The van der Waals surface area contributed by atoms with Crippen LogP contribution in [0.4, 0.5) is 17.1 Å². The molecule has 3 heterocycles. The molecule has 4 rings (SSSR count). The zero-order valence-electron chi connectivity index (χ0n) is 14.8. The van der Waals surface area contributed by atoms with Crippen molar-refractivity contribution < 1.29 is 13.0 Å². The van der Waals surface area contributed by atoms with E-state index in [0.717, 1.165) is 5.69 Å². The summed E-state index contributed by atoms with van der Waals surface area (Å²) in [6.07, 6.45) is 8.59. The van der Waals surface area contributed by atoms with Gasteiger partial charge in [-0.05, 0) is 22.8 Å². The van der Waals surface area contributed by atoms with Crippen molar-refractivity contribution in [1.82, 2.24) is 14.4 Å². The number of hydrogen-bond donors (Lipinski definition) is 3. The maximum absolute atomic E-state index is 11.1. The number of nitrogens with zero attached hydrogens (tertiary/aromatic N) is 6. The zero-order valence-corrected chi connectivity index (χ0v) is 15.6. The molecule has 1 atom stereocenters. The second kappa shape index (κ2) is 6.37. The average Bonchev–Trinajstić information content (AvgIpc) is 3.20. The van der Waals surface area contributed by atoms with E-state index in [4.69, 9.17) is 10.3 Å². The van der Waals surface area contributed by atoms with Crippen LogP contribution in [0.5, 0.6) is 0 Å². The predicted molar refractivity (Wildman–Crippen MR) is 107 cm³/mol. The molecule has 0 spiro atoms. The number of nitrogens with one attached hydrogen (secondary N) is 1. The summed E-state index contributed by atoms with van der Waals surface area (Å²) in [6.45, 7) is 0. The lowest BCUT2D eigenvalue weighted by Gasteiger charge is -2.21. The maximum Gasteiger partial charge on any atom is 0.287 e. The van der Waals surface area contributed by atoms with Crippen LogP contribution in [-0.4, -0.2) is 40.8 Å². The highest BCUT2D eigenvalue weighted by Gasteiger charge is 2.43. The van der Waals surface area contributed by atoms with Crippen molar-refractivity contribution in [3.63, 3.8) is 0 Å². The summed E-state index contributed by atoms with van der Waals surface area (Å²) in [5.74, 6) is 0.373. The maximum atomic E-state index is 11.1. The molecule has 0 aliphatic carbocycles. The summed E-state index contributed by atoms with van der Waals surface area (Å²) in [5, 5.41) is 11.9. The molecule has 11 nitrogen and oxygen atoms in total. The summed E-state index contributed by atoms with van der Waals surface area (Å²) < 4.78 is 32.8. The minimum atomic E-state index is -4.16. The first kappa shape index (κ1) is 18.0. The minimum Gasteiger partial charge on any atom is -0.398 e. The van der Waals surface area contributed by atoms with E-state index in [1.165, 1.54) is 6.07 Å². The van der Waals surface area contributed by atoms with Crippen molar-refractivity contribution in [3.05, 3.63) is 48.6 Å². The molecular weight excluding hydrogens is 384 g/mol. The van der Waals surface area contributed by atoms with Crippen molar-refractivity contribution in [2.24, 2.45) is 22.1 Å². The lowest BCUT2D eigenvalue weighted by molar-refractivity contribution is 0.482. The molecule has 0 bridgehead atoms. The Labute approximate surface area is 160 Å². The van der Waals surface area contributed by atoms with Crippen LogP contribution in [0.3, 0.4) is 0 Å². The Hall–Kier alpha value is -3.35. The van der Waals surface area contributed by atoms with Crippen molar-refractivity contribution >= 4 is 45.2 Å². The van der Waals surface area contributed by atoms with Gasteiger partial charge in [-0.25, -0.2) is 0 Å². The lowest BCUT2D eigenvalue weighted by Crippen LogP contribution is -2.44. The van der Waals surface area contributed by atoms with Gasteiger partial charge in [-0.3, -0.25) is 14.2 Å². The number of rotatable bonds is 4. The molecule has 1 unspecified atom stereocenters. The molecule has 0 saturated carbocycles. The first-order chi connectivity index (χ1) is 13.2. The van der Waals surface area contributed by atoms with Gasteiger partial charge in [0.25, 0.3) is 21.9 Å². The van der Waals surface area contributed by atoms with Gasteiger partial charge >= 0.3 is 0 Å². The Balaban J connectivity index is 1.64. The number of benzene rings is 1. The van der Waals surface area contributed by atoms with E-state index in [2.05, 4.69) is 25.5 Å². The van der Waals surface area contributed by atoms with E-state index < -0.39 is 15.9 Å². The number of nitrogen functional groups attached to an aromatic ring is 1. The zero-order chi connectivity index (χ0) is 19.9. The van der Waals surface area contributed by atoms with Gasteiger partial charge in [0.15, 0.2) is 6.20 Å². The number of hydrogen-bond acceptors (Lipinski definition) is 8. The fraction of sp³-hybridized carbons (Fsp3) is 0.125. The van der Waals surface area contributed by atoms with E-state index in [1.54, 1.807) is 41.6 Å². The number of aliphatic imine (C=N–C) groups is 2. The van der Waals surface area contributed by atoms with Crippen LogP contribution in [0.2, 0.25) is 0 Å². The molecule has 2 aliphatic rings. The van der Waals surface area contributed by atoms with Crippen LogP contribution in [0.15, 0.2) is 58.1 Å². The van der Waals surface area contributed by atoms with E-state index >= 15 is 0 Å². The fourth-order valence-corrected chi connectivity index (χ4v) is 3.58. The Bertz CT molecular complexity index is 1180. The van der Waals surface area contributed by atoms with Crippen LogP contribution < -0.4 is 15.6 Å². The highest BCUT2D eigenvalue weighted by molar-refractivity contribution is 7.85. The van der Waals surface area contributed by atoms with Gasteiger partial charge in [-0.1, -0.05) is 10.7 Å². The van der Waals surface area contributed by atoms with Crippen molar-refractivity contribution in [2.45, 2.75) is 5.75 Å². The number of amidine groups is 1. The molecular formula is C16H17N8O3S+. The van der Waals surface area contributed by atoms with Crippen LogP contribution >= 0.6 is 0 Å². The van der Waals surface area contributed by atoms with Crippen LogP contribution in [0.25, 0.3) is 0 Å². The molecule has 0 saturated heterocycles. The number of nitrogens with two attached hydrogens (primary N) is 1. The molecule has 0 amide bonds. The summed E-state index contributed by atoms with van der Waals surface area (Å²) >= 11 is 0. The number of aryl methyl sites for hydroxylation is 1. The molecule has 4 N–H and O–H groups in total. The number of anilines is 2. The normalized spacial score (nSPS) is 20.6. The van der Waals surface area contributed by atoms with Gasteiger partial charge < -0.3 is 11.1 Å². The summed E-state index contributed by atoms with van der Waals surface area (Å²) in [5.41, 5.74) is 7.80. The monoisotopic (exact) mass is 401 g/mol. The molecule has 28 heavy (non-hydrogen) atoms. The van der Waals surface area contributed by atoms with E-state index in [1.807, 2.05) is 13.2 Å². The average molecular weight is 401 g/mol. The topological polar surface area (TPSA) is 147 Å². The van der Waals surface area contributed by atoms with E-state index in [9.17, 15) is 8.42 Å². The quantitative estimate of drug-likeness (QED) is 0.396. The minimum absolute atomic E-state index is 0.00397. The van der Waals surface area contributed by atoms with E-state index in [0.29, 0.717) is 23.0 Å². The standard InChI is InChI=1S/C16H16N8O3S/c1-23-9-13(7-19-23)24-5-4-18-8-15(24)21-16(22-24)20-12-3-2-11(14(17)6-12)10-28(25,26)27/h2-9H,10,17H2,1H3,(H-,20,22,25,26,27)/p+1. The van der Waals surface area contributed by atoms with Crippen LogP contribution in [0, 0.1) is 0 Å². The highest BCUT2D eigenvalue weighted by Crippen LogP contribution is 2.30. The molecule has 0 radical (unpaired) electrons. The molecule has 12 heteroatoms. The van der Waals surface area contributed by atoms with E-state index in [-0.39, 0.29) is 10.3 Å². The SMILES string of the molecule is Cn1cc([N+]23C=CN=CC2=NC(Nc2ccc(CS(=O)(=O)O)c(N)c2)=N3)cn1. The Morgan fingerprint density at radius 2 is 2.18 bits per heavy atom. The third-order valence-corrected chi connectivity index (χ3v) is 4.88. The van der Waals surface area contributed by atoms with Crippen LogP contribution in [0.1, 0.15) is 5.56 Å². The van der Waals surface area contributed by atoms with Gasteiger partial charge in [0.05, 0.1) is 12.4 Å². The number of guanidine groups is 1. The summed E-state index contributed by atoms with van der Waals surface area (Å²) in [6, 6.07) is 4.71. The third-order valence-electron chi connectivity index (χ3n) is 4.21. The molecule has 2 aliphatic heterocycles. The number of quaternary nitrogens is 1. The van der Waals surface area contributed by atoms with Crippen molar-refractivity contribution in [3.8, 4) is 0 Å². The first-order valence-corrected chi connectivity index (χ1v) is 9.75. The molecule has 1 aromatic heterocycles. The Morgan fingerprint density at radius 3 is 2.86 bits per heavy atom. The second-order valence-electron chi connectivity index (χ2n) is 6.29.